The van der Waals surface area contributed by atoms with Crippen LogP contribution in [-0.2, 0) is 16.4 Å². The van der Waals surface area contributed by atoms with Crippen molar-refractivity contribution in [1.82, 2.24) is 0 Å². The Hall–Kier alpha value is -5.92. The van der Waals surface area contributed by atoms with Crippen LogP contribution in [0.3, 0.4) is 0 Å². The number of ether oxygens (including phenoxy) is 1. The van der Waals surface area contributed by atoms with Crippen LogP contribution in [0, 0.1) is 0 Å². The summed E-state index contributed by atoms with van der Waals surface area (Å²) < 4.78 is 7.73. The van der Waals surface area contributed by atoms with Crippen molar-refractivity contribution >= 4 is 21.5 Å². The number of hydrogen-bond donors (Lipinski definition) is 0. The number of fused-ring (bicyclic) bond motifs is 13. The Labute approximate surface area is 305 Å². The standard InChI is InChI=1S/C51H38O/c1-49(2)41-25-23-31-15-11-13-21-35(31)47(41)39-29-45-37(27-43(39)49)38-28-44-40(48-36-22-14-12-16-32(36)24-26-42(48)50(44,3)4)30-46(38)52-51(45,33-17-7-5-8-18-33)34-19-9-6-10-20-34/h5-30H,1-4H3. The Kier molecular flexibility index (Phi) is 5.79. The summed E-state index contributed by atoms with van der Waals surface area (Å²) in [5.41, 5.74) is 15.4. The van der Waals surface area contributed by atoms with Gasteiger partial charge in [0, 0.05) is 33.1 Å². The highest BCUT2D eigenvalue weighted by Gasteiger charge is 2.48. The number of hydrogen-bond acceptors (Lipinski definition) is 1. The second-order valence-corrected chi connectivity index (χ2v) is 16.0. The zero-order chi connectivity index (χ0) is 35.0. The number of rotatable bonds is 2. The summed E-state index contributed by atoms with van der Waals surface area (Å²) in [6, 6.07) is 58.5. The molecule has 8 aromatic rings. The Morgan fingerprint density at radius 1 is 0.365 bits per heavy atom. The minimum atomic E-state index is -0.874. The first-order chi connectivity index (χ1) is 25.3. The monoisotopic (exact) mass is 666 g/mol. The van der Waals surface area contributed by atoms with Gasteiger partial charge < -0.3 is 4.74 Å². The quantitative estimate of drug-likeness (QED) is 0.178. The molecule has 11 rings (SSSR count). The Morgan fingerprint density at radius 3 is 1.35 bits per heavy atom. The lowest BCUT2D eigenvalue weighted by Crippen LogP contribution is -2.39. The third-order valence-electron chi connectivity index (χ3n) is 12.7. The average molecular weight is 667 g/mol. The lowest BCUT2D eigenvalue weighted by atomic mass is 9.72. The van der Waals surface area contributed by atoms with Crippen LogP contribution in [-0.4, -0.2) is 0 Å². The van der Waals surface area contributed by atoms with Gasteiger partial charge in [-0.1, -0.05) is 161 Å². The highest BCUT2D eigenvalue weighted by Crippen LogP contribution is 2.61. The van der Waals surface area contributed by atoms with Crippen molar-refractivity contribution in [1.29, 1.82) is 0 Å². The normalized spacial score (nSPS) is 16.3. The van der Waals surface area contributed by atoms with Crippen LogP contribution in [0.4, 0.5) is 0 Å². The third-order valence-corrected chi connectivity index (χ3v) is 12.7. The molecule has 0 spiro atoms. The van der Waals surface area contributed by atoms with Crippen LogP contribution in [0.25, 0.3) is 54.9 Å². The largest absolute Gasteiger partial charge is 0.472 e. The van der Waals surface area contributed by atoms with Crippen LogP contribution in [0.2, 0.25) is 0 Å². The van der Waals surface area contributed by atoms with E-state index in [0.29, 0.717) is 0 Å². The molecule has 0 radical (unpaired) electrons. The first-order valence-corrected chi connectivity index (χ1v) is 18.5. The van der Waals surface area contributed by atoms with E-state index in [0.717, 1.165) is 16.9 Å². The van der Waals surface area contributed by atoms with Crippen LogP contribution >= 0.6 is 0 Å². The summed E-state index contributed by atoms with van der Waals surface area (Å²) in [5.74, 6) is 0.925. The predicted molar refractivity (Wildman–Crippen MR) is 215 cm³/mol. The fourth-order valence-corrected chi connectivity index (χ4v) is 10.1. The maximum absolute atomic E-state index is 7.73. The Bertz CT molecular complexity index is 2760. The van der Waals surface area contributed by atoms with Crippen LogP contribution in [0.15, 0.2) is 158 Å². The SMILES string of the molecule is CC1(C)c2cc3c(cc2-c2c1ccc1ccccc21)OC(c1ccccc1)(c1ccccc1)c1cc2c(cc1-3)C(C)(C)c1ccc3ccccc3c1-2. The van der Waals surface area contributed by atoms with Gasteiger partial charge in [0.05, 0.1) is 0 Å². The topological polar surface area (TPSA) is 9.23 Å². The maximum atomic E-state index is 7.73. The molecule has 3 aliphatic rings. The zero-order valence-electron chi connectivity index (χ0n) is 29.9. The summed E-state index contributed by atoms with van der Waals surface area (Å²) in [4.78, 5) is 0. The van der Waals surface area contributed by atoms with E-state index in [4.69, 9.17) is 4.74 Å². The van der Waals surface area contributed by atoms with E-state index in [9.17, 15) is 0 Å². The average Bonchev–Trinajstić information content (AvgIpc) is 3.55. The molecule has 1 aliphatic heterocycles. The van der Waals surface area contributed by atoms with E-state index in [-0.39, 0.29) is 10.8 Å². The molecular formula is C51H38O. The molecule has 1 heterocycles. The molecule has 248 valence electrons. The third kappa shape index (κ3) is 3.68. The van der Waals surface area contributed by atoms with E-state index in [2.05, 4.69) is 185 Å². The maximum Gasteiger partial charge on any atom is 0.185 e. The molecule has 0 N–H and O–H groups in total. The smallest absolute Gasteiger partial charge is 0.185 e. The summed E-state index contributed by atoms with van der Waals surface area (Å²) in [6.45, 7) is 9.56. The van der Waals surface area contributed by atoms with Crippen molar-refractivity contribution in [2.75, 3.05) is 0 Å². The van der Waals surface area contributed by atoms with E-state index in [1.54, 1.807) is 0 Å². The minimum absolute atomic E-state index is 0.164. The van der Waals surface area contributed by atoms with Gasteiger partial charge in [-0.25, -0.2) is 0 Å². The fourth-order valence-electron chi connectivity index (χ4n) is 10.1. The van der Waals surface area contributed by atoms with Crippen LogP contribution < -0.4 is 4.74 Å². The molecule has 52 heavy (non-hydrogen) atoms. The lowest BCUT2D eigenvalue weighted by molar-refractivity contribution is 0.152. The first-order valence-electron chi connectivity index (χ1n) is 18.5. The molecule has 0 fully saturated rings. The van der Waals surface area contributed by atoms with Gasteiger partial charge in [0.15, 0.2) is 5.60 Å². The molecule has 0 saturated heterocycles. The molecule has 1 heteroatoms. The Balaban J connectivity index is 1.28. The van der Waals surface area contributed by atoms with Gasteiger partial charge >= 0.3 is 0 Å². The lowest BCUT2D eigenvalue weighted by Gasteiger charge is -2.42. The van der Waals surface area contributed by atoms with Crippen LogP contribution in [0.1, 0.15) is 66.6 Å². The van der Waals surface area contributed by atoms with Crippen LogP contribution in [0.5, 0.6) is 5.75 Å². The molecule has 0 aromatic heterocycles. The van der Waals surface area contributed by atoms with Gasteiger partial charge in [-0.2, -0.15) is 0 Å². The number of benzene rings is 8. The van der Waals surface area contributed by atoms with Gasteiger partial charge in [-0.05, 0) is 95.9 Å². The van der Waals surface area contributed by atoms with Gasteiger partial charge in [-0.15, -0.1) is 0 Å². The molecule has 8 aromatic carbocycles. The molecular weight excluding hydrogens is 629 g/mol. The molecule has 0 atom stereocenters. The predicted octanol–water partition coefficient (Wildman–Crippen LogP) is 13.0. The van der Waals surface area contributed by atoms with Crippen molar-refractivity contribution in [3.05, 3.63) is 197 Å². The Morgan fingerprint density at radius 2 is 0.808 bits per heavy atom. The van der Waals surface area contributed by atoms with Crippen molar-refractivity contribution in [2.24, 2.45) is 0 Å². The molecule has 2 aliphatic carbocycles. The molecule has 1 nitrogen and oxygen atoms in total. The van der Waals surface area contributed by atoms with Gasteiger partial charge in [0.25, 0.3) is 0 Å². The summed E-state index contributed by atoms with van der Waals surface area (Å²) in [5, 5.41) is 5.14. The molecule has 0 bridgehead atoms. The first kappa shape index (κ1) is 29.8. The van der Waals surface area contributed by atoms with E-state index in [1.165, 1.54) is 82.7 Å². The molecule has 0 amide bonds. The van der Waals surface area contributed by atoms with E-state index >= 15 is 0 Å². The highest BCUT2D eigenvalue weighted by molar-refractivity contribution is 6.05. The van der Waals surface area contributed by atoms with E-state index < -0.39 is 5.60 Å². The van der Waals surface area contributed by atoms with Crippen molar-refractivity contribution in [3.8, 4) is 39.1 Å². The second-order valence-electron chi connectivity index (χ2n) is 16.0. The molecule has 0 unspecified atom stereocenters. The summed E-state index contributed by atoms with van der Waals surface area (Å²) in [6.07, 6.45) is 0. The summed E-state index contributed by atoms with van der Waals surface area (Å²) >= 11 is 0. The van der Waals surface area contributed by atoms with Crippen molar-refractivity contribution in [2.45, 2.75) is 44.1 Å². The minimum Gasteiger partial charge on any atom is -0.472 e. The zero-order valence-corrected chi connectivity index (χ0v) is 29.9. The van der Waals surface area contributed by atoms with E-state index in [1.807, 2.05) is 0 Å². The van der Waals surface area contributed by atoms with Gasteiger partial charge in [0.1, 0.15) is 5.75 Å². The highest BCUT2D eigenvalue weighted by atomic mass is 16.5. The second kappa shape index (κ2) is 10.1. The summed E-state index contributed by atoms with van der Waals surface area (Å²) in [7, 11) is 0. The van der Waals surface area contributed by atoms with Gasteiger partial charge in [0.2, 0.25) is 0 Å². The molecule has 0 saturated carbocycles. The van der Waals surface area contributed by atoms with Crippen molar-refractivity contribution < 1.29 is 4.74 Å². The van der Waals surface area contributed by atoms with Crippen molar-refractivity contribution in [3.63, 3.8) is 0 Å². The fraction of sp³-hybridized carbons (Fsp3) is 0.137. The van der Waals surface area contributed by atoms with Gasteiger partial charge in [-0.3, -0.25) is 0 Å².